The van der Waals surface area contributed by atoms with Gasteiger partial charge in [-0.2, -0.15) is 0 Å². The molecule has 2 heteroatoms. The molecule has 1 rings (SSSR count). The van der Waals surface area contributed by atoms with Crippen molar-refractivity contribution < 1.29 is 4.79 Å². The van der Waals surface area contributed by atoms with Gasteiger partial charge in [-0.15, -0.1) is 5.54 Å². The summed E-state index contributed by atoms with van der Waals surface area (Å²) < 4.78 is 0. The lowest BCUT2D eigenvalue weighted by Crippen LogP contribution is -2.33. The molecule has 1 unspecified atom stereocenters. The molecule has 1 fully saturated rings. The smallest absolute Gasteiger partial charge is 0.150 e. The largest absolute Gasteiger partial charge is 0.298 e. The predicted molar refractivity (Wildman–Crippen MR) is 76.6 cm³/mol. The van der Waals surface area contributed by atoms with Crippen LogP contribution in [0.3, 0.4) is 0 Å². The van der Waals surface area contributed by atoms with Gasteiger partial charge in [-0.25, -0.2) is 0 Å². The van der Waals surface area contributed by atoms with Crippen LogP contribution in [-0.2, 0) is 4.79 Å². The highest BCUT2D eigenvalue weighted by atomic mass is 28.3. The Morgan fingerprint density at radius 1 is 1.18 bits per heavy atom. The van der Waals surface area contributed by atoms with E-state index in [4.69, 9.17) is 0 Å². The SMILES string of the molecule is CC[Si](C#CC1(C)CCCCC1=O)(CC)CC. The summed E-state index contributed by atoms with van der Waals surface area (Å²) in [5.41, 5.74) is 3.27. The molecule has 0 radical (unpaired) electrons. The zero-order valence-electron chi connectivity index (χ0n) is 11.9. The van der Waals surface area contributed by atoms with Crippen molar-refractivity contribution in [1.29, 1.82) is 0 Å². The molecular weight excluding hydrogens is 224 g/mol. The summed E-state index contributed by atoms with van der Waals surface area (Å²) in [6.07, 6.45) is 3.94. The predicted octanol–water partition coefficient (Wildman–Crippen LogP) is 4.19. The van der Waals surface area contributed by atoms with Gasteiger partial charge in [0.2, 0.25) is 0 Å². The lowest BCUT2D eigenvalue weighted by Gasteiger charge is -2.28. The summed E-state index contributed by atoms with van der Waals surface area (Å²) in [6, 6.07) is 3.66. The Morgan fingerprint density at radius 3 is 2.24 bits per heavy atom. The van der Waals surface area contributed by atoms with Crippen LogP contribution in [0.25, 0.3) is 0 Å². The number of rotatable bonds is 3. The molecule has 0 aromatic heterocycles. The molecule has 0 aromatic rings. The third kappa shape index (κ3) is 3.22. The maximum absolute atomic E-state index is 12.0. The Morgan fingerprint density at radius 2 is 1.76 bits per heavy atom. The Balaban J connectivity index is 2.92. The van der Waals surface area contributed by atoms with E-state index in [-0.39, 0.29) is 5.41 Å². The van der Waals surface area contributed by atoms with Crippen molar-refractivity contribution in [2.45, 2.75) is 71.5 Å². The molecule has 0 saturated heterocycles. The maximum atomic E-state index is 12.0. The van der Waals surface area contributed by atoms with Gasteiger partial charge in [0.25, 0.3) is 0 Å². The van der Waals surface area contributed by atoms with Crippen molar-refractivity contribution in [2.75, 3.05) is 0 Å². The van der Waals surface area contributed by atoms with Gasteiger partial charge in [-0.1, -0.05) is 33.1 Å². The fraction of sp³-hybridized carbons (Fsp3) is 0.800. The first-order valence-electron chi connectivity index (χ1n) is 7.09. The second-order valence-electron chi connectivity index (χ2n) is 5.55. The summed E-state index contributed by atoms with van der Waals surface area (Å²) in [4.78, 5) is 12.0. The van der Waals surface area contributed by atoms with Crippen molar-refractivity contribution in [3.8, 4) is 11.5 Å². The van der Waals surface area contributed by atoms with Gasteiger partial charge in [0.05, 0.1) is 5.41 Å². The molecule has 1 nitrogen and oxygen atoms in total. The van der Waals surface area contributed by atoms with Gasteiger partial charge < -0.3 is 0 Å². The molecule has 0 heterocycles. The van der Waals surface area contributed by atoms with Crippen LogP contribution in [0.1, 0.15) is 53.4 Å². The molecule has 0 aromatic carbocycles. The zero-order chi connectivity index (χ0) is 12.9. The van der Waals surface area contributed by atoms with E-state index >= 15 is 0 Å². The minimum absolute atomic E-state index is 0.323. The fourth-order valence-corrected chi connectivity index (χ4v) is 5.17. The standard InChI is InChI=1S/C15H26OSi/c1-5-17(6-2,7-3)13-12-15(4)11-9-8-10-14(15)16/h5-11H2,1-4H3. The zero-order valence-corrected chi connectivity index (χ0v) is 12.9. The molecule has 1 aliphatic carbocycles. The molecule has 0 N–H and O–H groups in total. The summed E-state index contributed by atoms with van der Waals surface area (Å²) in [5, 5.41) is 0. The van der Waals surface area contributed by atoms with Crippen molar-refractivity contribution >= 4 is 13.9 Å². The minimum atomic E-state index is -1.39. The van der Waals surface area contributed by atoms with Gasteiger partial charge in [-0.05, 0) is 37.9 Å². The quantitative estimate of drug-likeness (QED) is 0.542. The van der Waals surface area contributed by atoms with Crippen LogP contribution < -0.4 is 0 Å². The summed E-state index contributed by atoms with van der Waals surface area (Å²) in [6.45, 7) is 8.85. The normalized spacial score (nSPS) is 25.3. The molecule has 96 valence electrons. The molecule has 0 aliphatic heterocycles. The van der Waals surface area contributed by atoms with Gasteiger partial charge in [-0.3, -0.25) is 4.79 Å². The van der Waals surface area contributed by atoms with E-state index in [0.29, 0.717) is 5.78 Å². The first-order valence-corrected chi connectivity index (χ1v) is 9.71. The Bertz CT molecular complexity index is 324. The van der Waals surface area contributed by atoms with Crippen molar-refractivity contribution in [3.63, 3.8) is 0 Å². The van der Waals surface area contributed by atoms with Crippen LogP contribution in [0.4, 0.5) is 0 Å². The van der Waals surface area contributed by atoms with Crippen molar-refractivity contribution in [3.05, 3.63) is 0 Å². The number of hydrogen-bond donors (Lipinski definition) is 0. The second-order valence-corrected chi connectivity index (χ2v) is 10.5. The average molecular weight is 250 g/mol. The number of hydrogen-bond acceptors (Lipinski definition) is 1. The van der Waals surface area contributed by atoms with Crippen molar-refractivity contribution in [1.82, 2.24) is 0 Å². The summed E-state index contributed by atoms with van der Waals surface area (Å²) >= 11 is 0. The van der Waals surface area contributed by atoms with E-state index in [1.807, 2.05) is 0 Å². The molecule has 0 spiro atoms. The molecule has 1 atom stereocenters. The Hall–Kier alpha value is -0.553. The molecular formula is C15H26OSi. The van der Waals surface area contributed by atoms with E-state index < -0.39 is 8.07 Å². The second kappa shape index (κ2) is 5.86. The molecule has 1 aliphatic rings. The highest BCUT2D eigenvalue weighted by Crippen LogP contribution is 2.32. The van der Waals surface area contributed by atoms with Crippen LogP contribution in [0.2, 0.25) is 18.1 Å². The molecule has 1 saturated carbocycles. The fourth-order valence-electron chi connectivity index (χ4n) is 2.60. The molecule has 0 amide bonds. The topological polar surface area (TPSA) is 17.1 Å². The van der Waals surface area contributed by atoms with Crippen LogP contribution in [0, 0.1) is 16.9 Å². The summed E-state index contributed by atoms with van der Waals surface area (Å²) in [5.74, 6) is 3.78. The van der Waals surface area contributed by atoms with E-state index in [1.165, 1.54) is 18.1 Å². The van der Waals surface area contributed by atoms with Gasteiger partial charge in [0.1, 0.15) is 8.07 Å². The third-order valence-electron chi connectivity index (χ3n) is 4.58. The van der Waals surface area contributed by atoms with Gasteiger partial charge in [0, 0.05) is 6.42 Å². The summed E-state index contributed by atoms with van der Waals surface area (Å²) in [7, 11) is -1.39. The molecule has 0 bridgehead atoms. The third-order valence-corrected chi connectivity index (χ3v) is 9.30. The number of carbonyl (C=O) groups excluding carboxylic acids is 1. The highest BCUT2D eigenvalue weighted by molar-refractivity contribution is 6.87. The minimum Gasteiger partial charge on any atom is -0.298 e. The first kappa shape index (κ1) is 14.5. The van der Waals surface area contributed by atoms with Crippen molar-refractivity contribution in [2.24, 2.45) is 5.41 Å². The van der Waals surface area contributed by atoms with Crippen LogP contribution >= 0.6 is 0 Å². The van der Waals surface area contributed by atoms with E-state index in [0.717, 1.165) is 25.7 Å². The van der Waals surface area contributed by atoms with Crippen LogP contribution in [-0.4, -0.2) is 13.9 Å². The molecule has 17 heavy (non-hydrogen) atoms. The Labute approximate surface area is 107 Å². The maximum Gasteiger partial charge on any atom is 0.150 e. The van der Waals surface area contributed by atoms with Gasteiger partial charge >= 0.3 is 0 Å². The van der Waals surface area contributed by atoms with Crippen LogP contribution in [0.15, 0.2) is 0 Å². The van der Waals surface area contributed by atoms with Gasteiger partial charge in [0.15, 0.2) is 5.78 Å². The van der Waals surface area contributed by atoms with Crippen LogP contribution in [0.5, 0.6) is 0 Å². The lowest BCUT2D eigenvalue weighted by molar-refractivity contribution is -0.127. The number of Topliss-reactive ketones (excluding diaryl/α,β-unsaturated/α-hetero) is 1. The highest BCUT2D eigenvalue weighted by Gasteiger charge is 2.34. The number of carbonyl (C=O) groups is 1. The average Bonchev–Trinajstić information content (AvgIpc) is 2.36. The van der Waals surface area contributed by atoms with E-state index in [9.17, 15) is 4.79 Å². The lowest BCUT2D eigenvalue weighted by atomic mass is 9.75. The van der Waals surface area contributed by atoms with E-state index in [1.54, 1.807) is 0 Å². The first-order chi connectivity index (χ1) is 8.02. The Kier molecular flexibility index (Phi) is 5.00. The van der Waals surface area contributed by atoms with E-state index in [2.05, 4.69) is 39.2 Å². The monoisotopic (exact) mass is 250 g/mol. The number of ketones is 1.